The molecule has 102 valence electrons. The van der Waals surface area contributed by atoms with E-state index in [2.05, 4.69) is 31.0 Å². The van der Waals surface area contributed by atoms with Crippen LogP contribution in [-0.4, -0.2) is 43.5 Å². The molecule has 4 nitrogen and oxygen atoms in total. The molecule has 0 radical (unpaired) electrons. The number of carbonyl (C=O) groups is 1. The van der Waals surface area contributed by atoms with E-state index in [1.165, 1.54) is 0 Å². The van der Waals surface area contributed by atoms with E-state index in [1.807, 2.05) is 21.0 Å². The molecule has 0 bridgehead atoms. The minimum absolute atomic E-state index is 0.0353. The van der Waals surface area contributed by atoms with Crippen molar-refractivity contribution in [2.45, 2.75) is 46.2 Å². The summed E-state index contributed by atoms with van der Waals surface area (Å²) in [4.78, 5) is 14.0. The van der Waals surface area contributed by atoms with Gasteiger partial charge in [-0.25, -0.2) is 0 Å². The van der Waals surface area contributed by atoms with Crippen molar-refractivity contribution in [2.75, 3.05) is 20.6 Å². The van der Waals surface area contributed by atoms with E-state index in [1.54, 1.807) is 0 Å². The van der Waals surface area contributed by atoms with Crippen molar-refractivity contribution >= 4 is 5.91 Å². The molecule has 0 saturated heterocycles. The number of rotatable bonds is 7. The van der Waals surface area contributed by atoms with Gasteiger partial charge in [-0.3, -0.25) is 4.79 Å². The Hall–Kier alpha value is -0.610. The van der Waals surface area contributed by atoms with Crippen molar-refractivity contribution in [1.29, 1.82) is 0 Å². The third-order valence-corrected chi connectivity index (χ3v) is 3.48. The van der Waals surface area contributed by atoms with Gasteiger partial charge in [0.05, 0.1) is 6.04 Å². The van der Waals surface area contributed by atoms with Crippen molar-refractivity contribution < 1.29 is 4.79 Å². The lowest BCUT2D eigenvalue weighted by Crippen LogP contribution is -2.49. The lowest BCUT2D eigenvalue weighted by molar-refractivity contribution is -0.123. The summed E-state index contributed by atoms with van der Waals surface area (Å²) in [5, 5.41) is 2.95. The lowest BCUT2D eigenvalue weighted by Gasteiger charge is -2.29. The fourth-order valence-electron chi connectivity index (χ4n) is 1.85. The van der Waals surface area contributed by atoms with Crippen molar-refractivity contribution in [3.8, 4) is 0 Å². The zero-order chi connectivity index (χ0) is 13.6. The van der Waals surface area contributed by atoms with Crippen LogP contribution in [0.1, 0.15) is 34.1 Å². The molecule has 0 aromatic rings. The summed E-state index contributed by atoms with van der Waals surface area (Å²) >= 11 is 0. The van der Waals surface area contributed by atoms with Crippen LogP contribution < -0.4 is 11.1 Å². The van der Waals surface area contributed by atoms with Crippen LogP contribution in [0.5, 0.6) is 0 Å². The van der Waals surface area contributed by atoms with Crippen molar-refractivity contribution in [3.05, 3.63) is 0 Å². The molecule has 0 saturated carbocycles. The van der Waals surface area contributed by atoms with Crippen LogP contribution in [0.2, 0.25) is 0 Å². The van der Waals surface area contributed by atoms with Gasteiger partial charge in [-0.2, -0.15) is 0 Å². The van der Waals surface area contributed by atoms with Gasteiger partial charge >= 0.3 is 0 Å². The minimum Gasteiger partial charge on any atom is -0.353 e. The Balaban J connectivity index is 4.22. The number of amides is 1. The monoisotopic (exact) mass is 243 g/mol. The van der Waals surface area contributed by atoms with Crippen LogP contribution in [0.3, 0.4) is 0 Å². The molecule has 0 heterocycles. The second-order valence-electron chi connectivity index (χ2n) is 5.43. The molecule has 0 rings (SSSR count). The van der Waals surface area contributed by atoms with E-state index in [9.17, 15) is 4.79 Å². The van der Waals surface area contributed by atoms with Crippen LogP contribution in [0, 0.1) is 11.8 Å². The van der Waals surface area contributed by atoms with Crippen LogP contribution in [0.25, 0.3) is 0 Å². The molecule has 3 N–H and O–H groups in total. The van der Waals surface area contributed by atoms with Crippen LogP contribution >= 0.6 is 0 Å². The van der Waals surface area contributed by atoms with Gasteiger partial charge in [-0.05, 0) is 25.9 Å². The van der Waals surface area contributed by atoms with Gasteiger partial charge in [0.2, 0.25) is 5.91 Å². The Morgan fingerprint density at radius 2 is 1.82 bits per heavy atom. The number of hydrogen-bond donors (Lipinski definition) is 2. The molecule has 0 aliphatic carbocycles. The average Bonchev–Trinajstić information content (AvgIpc) is 2.25. The fraction of sp³-hybridized carbons (Fsp3) is 0.923. The maximum Gasteiger partial charge on any atom is 0.237 e. The highest BCUT2D eigenvalue weighted by atomic mass is 16.2. The Morgan fingerprint density at radius 3 is 2.18 bits per heavy atom. The molecule has 4 heteroatoms. The van der Waals surface area contributed by atoms with E-state index >= 15 is 0 Å². The molecule has 0 aliphatic heterocycles. The van der Waals surface area contributed by atoms with Gasteiger partial charge < -0.3 is 16.0 Å². The second kappa shape index (κ2) is 7.67. The summed E-state index contributed by atoms with van der Waals surface area (Å²) < 4.78 is 0. The maximum atomic E-state index is 11.8. The van der Waals surface area contributed by atoms with Crippen LogP contribution in [0.4, 0.5) is 0 Å². The number of likely N-dealkylation sites (N-methyl/N-ethyl adjacent to an activating group) is 1. The predicted octanol–water partition coefficient (Wildman–Crippen LogP) is 1.06. The van der Waals surface area contributed by atoms with Crippen molar-refractivity contribution in [1.82, 2.24) is 10.2 Å². The molecule has 0 fully saturated rings. The van der Waals surface area contributed by atoms with E-state index in [4.69, 9.17) is 5.73 Å². The topological polar surface area (TPSA) is 58.4 Å². The van der Waals surface area contributed by atoms with E-state index in [-0.39, 0.29) is 11.8 Å². The molecule has 0 spiro atoms. The Bertz CT molecular complexity index is 221. The molecular formula is C13H29N3O. The van der Waals surface area contributed by atoms with Gasteiger partial charge in [0.25, 0.3) is 0 Å². The first-order valence-corrected chi connectivity index (χ1v) is 6.50. The molecule has 17 heavy (non-hydrogen) atoms. The van der Waals surface area contributed by atoms with Gasteiger partial charge in [0.15, 0.2) is 0 Å². The summed E-state index contributed by atoms with van der Waals surface area (Å²) in [5.74, 6) is 0.698. The molecular weight excluding hydrogens is 214 g/mol. The Labute approximate surface area is 106 Å². The normalized spacial score (nSPS) is 17.0. The Morgan fingerprint density at radius 1 is 1.29 bits per heavy atom. The van der Waals surface area contributed by atoms with E-state index < -0.39 is 6.04 Å². The van der Waals surface area contributed by atoms with Gasteiger partial charge in [-0.15, -0.1) is 0 Å². The number of carbonyl (C=O) groups excluding carboxylic acids is 1. The average molecular weight is 243 g/mol. The third kappa shape index (κ3) is 5.50. The first-order valence-electron chi connectivity index (χ1n) is 6.50. The summed E-state index contributed by atoms with van der Waals surface area (Å²) in [6.07, 6.45) is 0.926. The number of nitrogens with one attached hydrogen (secondary N) is 1. The van der Waals surface area contributed by atoms with Gasteiger partial charge in [0.1, 0.15) is 0 Å². The first kappa shape index (κ1) is 16.4. The minimum atomic E-state index is -0.394. The fourth-order valence-corrected chi connectivity index (χ4v) is 1.85. The van der Waals surface area contributed by atoms with Gasteiger partial charge in [-0.1, -0.05) is 34.1 Å². The number of nitrogens with two attached hydrogens (primary N) is 1. The first-order chi connectivity index (χ1) is 7.81. The summed E-state index contributed by atoms with van der Waals surface area (Å²) in [7, 11) is 4.07. The van der Waals surface area contributed by atoms with Crippen molar-refractivity contribution in [3.63, 3.8) is 0 Å². The molecule has 1 amide bonds. The number of hydrogen-bond acceptors (Lipinski definition) is 3. The molecule has 0 aliphatic rings. The summed E-state index contributed by atoms with van der Waals surface area (Å²) in [5.41, 5.74) is 5.88. The summed E-state index contributed by atoms with van der Waals surface area (Å²) in [6.45, 7) is 9.04. The predicted molar refractivity (Wildman–Crippen MR) is 72.8 cm³/mol. The van der Waals surface area contributed by atoms with Gasteiger partial charge in [0, 0.05) is 12.6 Å². The van der Waals surface area contributed by atoms with E-state index in [0.717, 1.165) is 6.42 Å². The summed E-state index contributed by atoms with van der Waals surface area (Å²) in [6, 6.07) is -0.0435. The van der Waals surface area contributed by atoms with E-state index in [0.29, 0.717) is 18.5 Å². The number of nitrogens with zero attached hydrogens (tertiary/aromatic N) is 1. The van der Waals surface area contributed by atoms with Crippen LogP contribution in [-0.2, 0) is 4.79 Å². The highest BCUT2D eigenvalue weighted by Crippen LogP contribution is 2.08. The smallest absolute Gasteiger partial charge is 0.237 e. The highest BCUT2D eigenvalue weighted by Gasteiger charge is 2.21. The zero-order valence-corrected chi connectivity index (χ0v) is 12.2. The standard InChI is InChI=1S/C13H29N3O/c1-7-10(4)12(14)13(17)15-8-11(9(2)3)16(5)6/h9-12H,7-8,14H2,1-6H3,(H,15,17)/t10-,11?,12-/m0/s1. The molecule has 3 atom stereocenters. The largest absolute Gasteiger partial charge is 0.353 e. The quantitative estimate of drug-likeness (QED) is 0.703. The third-order valence-electron chi connectivity index (χ3n) is 3.48. The maximum absolute atomic E-state index is 11.8. The second-order valence-corrected chi connectivity index (χ2v) is 5.43. The van der Waals surface area contributed by atoms with Crippen LogP contribution in [0.15, 0.2) is 0 Å². The molecule has 0 aromatic carbocycles. The van der Waals surface area contributed by atoms with Crippen molar-refractivity contribution in [2.24, 2.45) is 17.6 Å². The highest BCUT2D eigenvalue weighted by molar-refractivity contribution is 5.81. The zero-order valence-electron chi connectivity index (χ0n) is 12.2. The molecule has 1 unspecified atom stereocenters. The lowest BCUT2D eigenvalue weighted by atomic mass is 9.98. The molecule has 0 aromatic heterocycles. The Kier molecular flexibility index (Phi) is 7.39. The SMILES string of the molecule is CC[C@H](C)[C@H](N)C(=O)NCC(C(C)C)N(C)C.